The fourth-order valence-electron chi connectivity index (χ4n) is 2.59. The molecule has 1 amide bonds. The van der Waals surface area contributed by atoms with Crippen LogP contribution in [-0.2, 0) is 16.1 Å². The maximum Gasteiger partial charge on any atom is 0.250 e. The summed E-state index contributed by atoms with van der Waals surface area (Å²) in [5.74, 6) is 0.857. The number of nitrogens with zero attached hydrogens (tertiary/aromatic N) is 1. The van der Waals surface area contributed by atoms with Crippen LogP contribution in [-0.4, -0.2) is 24.5 Å². The highest BCUT2D eigenvalue weighted by Crippen LogP contribution is 2.36. The van der Waals surface area contributed by atoms with Gasteiger partial charge in [0.1, 0.15) is 18.1 Å². The van der Waals surface area contributed by atoms with Gasteiger partial charge >= 0.3 is 0 Å². The SMILES string of the molecule is O=C(COCc1cc(-c2ccc3c(c2)OCO3)on1)Nc1ccc(Br)cc1F. The van der Waals surface area contributed by atoms with E-state index in [1.165, 1.54) is 12.1 Å². The summed E-state index contributed by atoms with van der Waals surface area (Å²) in [6.45, 7) is 0.0204. The molecule has 4 rings (SSSR count). The van der Waals surface area contributed by atoms with Crippen LogP contribution in [0, 0.1) is 5.82 Å². The molecular weight excluding hydrogens is 435 g/mol. The van der Waals surface area contributed by atoms with Crippen LogP contribution in [0.5, 0.6) is 11.5 Å². The number of benzene rings is 2. The molecule has 1 aliphatic rings. The number of carbonyl (C=O) groups excluding carboxylic acids is 1. The maximum atomic E-state index is 13.7. The first kappa shape index (κ1) is 18.5. The largest absolute Gasteiger partial charge is 0.454 e. The standard InChI is InChI=1S/C19H14BrFN2O5/c20-12-2-3-15(14(21)6-12)22-19(24)9-25-8-13-7-17(28-23-13)11-1-4-16-18(5-11)27-10-26-16/h1-7H,8-10H2,(H,22,24). The molecule has 0 bridgehead atoms. The normalized spacial score (nSPS) is 12.2. The molecule has 0 atom stereocenters. The first-order valence-corrected chi connectivity index (χ1v) is 9.06. The molecule has 0 unspecified atom stereocenters. The summed E-state index contributed by atoms with van der Waals surface area (Å²) in [7, 11) is 0. The highest BCUT2D eigenvalue weighted by molar-refractivity contribution is 9.10. The van der Waals surface area contributed by atoms with Gasteiger partial charge in [-0.2, -0.15) is 0 Å². The van der Waals surface area contributed by atoms with Crippen LogP contribution in [0.1, 0.15) is 5.69 Å². The number of ether oxygens (including phenoxy) is 3. The third-order valence-corrected chi connectivity index (χ3v) is 4.40. The molecule has 0 aliphatic carbocycles. The zero-order chi connectivity index (χ0) is 19.5. The van der Waals surface area contributed by atoms with Crippen molar-refractivity contribution in [2.24, 2.45) is 0 Å². The molecule has 1 aliphatic heterocycles. The van der Waals surface area contributed by atoms with Gasteiger partial charge in [-0.3, -0.25) is 4.79 Å². The Hall–Kier alpha value is -2.91. The van der Waals surface area contributed by atoms with E-state index in [0.717, 1.165) is 5.56 Å². The Labute approximate surface area is 167 Å². The van der Waals surface area contributed by atoms with Gasteiger partial charge in [-0.15, -0.1) is 0 Å². The van der Waals surface area contributed by atoms with Gasteiger partial charge in [-0.1, -0.05) is 21.1 Å². The first-order valence-electron chi connectivity index (χ1n) is 8.27. The molecule has 28 heavy (non-hydrogen) atoms. The average molecular weight is 449 g/mol. The Morgan fingerprint density at radius 3 is 2.89 bits per heavy atom. The smallest absolute Gasteiger partial charge is 0.250 e. The average Bonchev–Trinajstić information content (AvgIpc) is 3.32. The number of rotatable bonds is 6. The number of hydrogen-bond acceptors (Lipinski definition) is 6. The van der Waals surface area contributed by atoms with Gasteiger partial charge in [0.15, 0.2) is 17.3 Å². The Kier molecular flexibility index (Phi) is 5.27. The summed E-state index contributed by atoms with van der Waals surface area (Å²) in [5.41, 5.74) is 1.39. The highest BCUT2D eigenvalue weighted by Gasteiger charge is 2.16. The van der Waals surface area contributed by atoms with E-state index >= 15 is 0 Å². The number of hydrogen-bond donors (Lipinski definition) is 1. The van der Waals surface area contributed by atoms with Crippen LogP contribution in [0.25, 0.3) is 11.3 Å². The summed E-state index contributed by atoms with van der Waals surface area (Å²) in [6.07, 6.45) is 0. The molecule has 1 N–H and O–H groups in total. The van der Waals surface area contributed by atoms with E-state index in [4.69, 9.17) is 18.7 Å². The van der Waals surface area contributed by atoms with Crippen molar-refractivity contribution in [3.05, 3.63) is 58.4 Å². The van der Waals surface area contributed by atoms with Gasteiger partial charge in [0.05, 0.1) is 12.3 Å². The molecule has 2 heterocycles. The third-order valence-electron chi connectivity index (χ3n) is 3.90. The van der Waals surface area contributed by atoms with Crippen molar-refractivity contribution in [2.75, 3.05) is 18.7 Å². The summed E-state index contributed by atoms with van der Waals surface area (Å²) in [6, 6.07) is 11.5. The molecule has 2 aromatic carbocycles. The number of carbonyl (C=O) groups is 1. The topological polar surface area (TPSA) is 82.8 Å². The Balaban J connectivity index is 1.30. The Bertz CT molecular complexity index is 1020. The quantitative estimate of drug-likeness (QED) is 0.610. The van der Waals surface area contributed by atoms with E-state index in [-0.39, 0.29) is 25.7 Å². The lowest BCUT2D eigenvalue weighted by molar-refractivity contribution is -0.121. The van der Waals surface area contributed by atoms with Gasteiger partial charge in [-0.25, -0.2) is 4.39 Å². The summed E-state index contributed by atoms with van der Waals surface area (Å²) < 4.78 is 35.6. The third kappa shape index (κ3) is 4.15. The molecule has 0 saturated heterocycles. The van der Waals surface area contributed by atoms with E-state index in [2.05, 4.69) is 26.4 Å². The monoisotopic (exact) mass is 448 g/mol. The fourth-order valence-corrected chi connectivity index (χ4v) is 2.92. The Morgan fingerprint density at radius 1 is 1.18 bits per heavy atom. The van der Waals surface area contributed by atoms with E-state index < -0.39 is 11.7 Å². The first-order chi connectivity index (χ1) is 13.6. The van der Waals surface area contributed by atoms with Crippen LogP contribution in [0.2, 0.25) is 0 Å². The van der Waals surface area contributed by atoms with Gasteiger partial charge in [-0.05, 0) is 36.4 Å². The molecule has 0 saturated carbocycles. The minimum absolute atomic E-state index is 0.0737. The van der Waals surface area contributed by atoms with Crippen molar-refractivity contribution in [1.29, 1.82) is 0 Å². The molecule has 1 aromatic heterocycles. The van der Waals surface area contributed by atoms with Crippen LogP contribution in [0.15, 0.2) is 51.5 Å². The lowest BCUT2D eigenvalue weighted by Gasteiger charge is -2.06. The molecule has 9 heteroatoms. The number of fused-ring (bicyclic) bond motifs is 1. The van der Waals surface area contributed by atoms with Crippen molar-refractivity contribution >= 4 is 27.5 Å². The lowest BCUT2D eigenvalue weighted by Crippen LogP contribution is -2.19. The predicted octanol–water partition coefficient (Wildman–Crippen LogP) is 4.13. The molecule has 0 spiro atoms. The second kappa shape index (κ2) is 7.99. The summed E-state index contributed by atoms with van der Waals surface area (Å²) >= 11 is 3.16. The molecule has 144 valence electrons. The van der Waals surface area contributed by atoms with Crippen LogP contribution in [0.3, 0.4) is 0 Å². The number of anilines is 1. The molecule has 7 nitrogen and oxygen atoms in total. The highest BCUT2D eigenvalue weighted by atomic mass is 79.9. The minimum Gasteiger partial charge on any atom is -0.454 e. The van der Waals surface area contributed by atoms with Crippen molar-refractivity contribution in [2.45, 2.75) is 6.61 Å². The van der Waals surface area contributed by atoms with Gasteiger partial charge in [0.2, 0.25) is 12.7 Å². The van der Waals surface area contributed by atoms with Crippen molar-refractivity contribution in [1.82, 2.24) is 5.16 Å². The zero-order valence-corrected chi connectivity index (χ0v) is 16.0. The molecule has 0 radical (unpaired) electrons. The summed E-state index contributed by atoms with van der Waals surface area (Å²) in [5, 5.41) is 6.37. The number of aromatic nitrogens is 1. The predicted molar refractivity (Wildman–Crippen MR) is 100 cm³/mol. The Morgan fingerprint density at radius 2 is 2.04 bits per heavy atom. The minimum atomic E-state index is -0.535. The molecule has 3 aromatic rings. The van der Waals surface area contributed by atoms with Crippen LogP contribution < -0.4 is 14.8 Å². The number of nitrogens with one attached hydrogen (secondary N) is 1. The number of halogens is 2. The van der Waals surface area contributed by atoms with E-state index in [1.54, 1.807) is 24.3 Å². The van der Waals surface area contributed by atoms with E-state index in [9.17, 15) is 9.18 Å². The van der Waals surface area contributed by atoms with Crippen molar-refractivity contribution in [3.8, 4) is 22.8 Å². The lowest BCUT2D eigenvalue weighted by atomic mass is 10.1. The second-order valence-corrected chi connectivity index (χ2v) is 6.83. The van der Waals surface area contributed by atoms with E-state index in [0.29, 0.717) is 27.4 Å². The van der Waals surface area contributed by atoms with Crippen molar-refractivity contribution in [3.63, 3.8) is 0 Å². The fraction of sp³-hybridized carbons (Fsp3) is 0.158. The summed E-state index contributed by atoms with van der Waals surface area (Å²) in [4.78, 5) is 11.9. The van der Waals surface area contributed by atoms with Gasteiger partial charge in [0.25, 0.3) is 0 Å². The maximum absolute atomic E-state index is 13.7. The van der Waals surface area contributed by atoms with Gasteiger partial charge in [0, 0.05) is 16.1 Å². The van der Waals surface area contributed by atoms with Crippen LogP contribution >= 0.6 is 15.9 Å². The molecular formula is C19H14BrFN2O5. The van der Waals surface area contributed by atoms with E-state index in [1.807, 2.05) is 6.07 Å². The van der Waals surface area contributed by atoms with Crippen LogP contribution in [0.4, 0.5) is 10.1 Å². The second-order valence-electron chi connectivity index (χ2n) is 5.92. The number of amides is 1. The molecule has 0 fully saturated rings. The van der Waals surface area contributed by atoms with Crippen molar-refractivity contribution < 1.29 is 27.9 Å². The zero-order valence-electron chi connectivity index (χ0n) is 14.4. The van der Waals surface area contributed by atoms with Gasteiger partial charge < -0.3 is 24.1 Å².